The molecule has 1 aliphatic rings. The Morgan fingerprint density at radius 1 is 1.24 bits per heavy atom. The summed E-state index contributed by atoms with van der Waals surface area (Å²) in [6.07, 6.45) is -5.51. The van der Waals surface area contributed by atoms with E-state index in [1.807, 2.05) is 0 Å². The number of likely N-dealkylation sites (tertiary alicyclic amines) is 1. The molecule has 0 radical (unpaired) electrons. The number of rotatable bonds is 2. The summed E-state index contributed by atoms with van der Waals surface area (Å²) in [5.74, 6) is -4.55. The van der Waals surface area contributed by atoms with E-state index in [0.717, 1.165) is 4.90 Å². The molecule has 5 nitrogen and oxygen atoms in total. The van der Waals surface area contributed by atoms with E-state index >= 15 is 0 Å². The van der Waals surface area contributed by atoms with Gasteiger partial charge in [0.1, 0.15) is 5.60 Å². The number of carbonyl (C=O) groups is 2. The first-order valence-corrected chi connectivity index (χ1v) is 6.76. The summed E-state index contributed by atoms with van der Waals surface area (Å²) >= 11 is 5.19. The fourth-order valence-corrected chi connectivity index (χ4v) is 2.12. The molecule has 0 unspecified atom stereocenters. The molecule has 0 aliphatic carbocycles. The van der Waals surface area contributed by atoms with Crippen LogP contribution in [-0.2, 0) is 14.3 Å². The predicted octanol–water partition coefficient (Wildman–Crippen LogP) is 2.77. The Kier molecular flexibility index (Phi) is 5.35. The van der Waals surface area contributed by atoms with Gasteiger partial charge >= 0.3 is 18.2 Å². The highest BCUT2D eigenvalue weighted by Crippen LogP contribution is 2.38. The molecule has 122 valence electrons. The van der Waals surface area contributed by atoms with E-state index in [1.54, 1.807) is 20.8 Å². The zero-order chi connectivity index (χ0) is 16.4. The van der Waals surface area contributed by atoms with E-state index in [-0.39, 0.29) is 0 Å². The number of esters is 1. The van der Waals surface area contributed by atoms with Crippen molar-refractivity contribution in [2.45, 2.75) is 32.5 Å². The van der Waals surface area contributed by atoms with Crippen molar-refractivity contribution in [3.05, 3.63) is 0 Å². The van der Waals surface area contributed by atoms with Crippen LogP contribution in [0.4, 0.5) is 18.0 Å². The molecular formula is C12H17ClF3NO4. The van der Waals surface area contributed by atoms with Gasteiger partial charge in [0.05, 0.1) is 11.8 Å². The van der Waals surface area contributed by atoms with E-state index in [4.69, 9.17) is 16.3 Å². The van der Waals surface area contributed by atoms with Crippen molar-refractivity contribution in [1.29, 1.82) is 0 Å². The van der Waals surface area contributed by atoms with Crippen molar-refractivity contribution in [2.75, 3.05) is 19.2 Å². The smallest absolute Gasteiger partial charge is 0.410 e. The molecule has 0 spiro atoms. The molecule has 0 aromatic heterocycles. The summed E-state index contributed by atoms with van der Waals surface area (Å²) in [6, 6.07) is -0.535. The lowest BCUT2D eigenvalue weighted by atomic mass is 9.96. The minimum Gasteiger partial charge on any atom is -0.449 e. The van der Waals surface area contributed by atoms with Crippen molar-refractivity contribution >= 4 is 23.7 Å². The maximum absolute atomic E-state index is 13.0. The van der Waals surface area contributed by atoms with Gasteiger partial charge in [-0.15, -0.1) is 0 Å². The molecule has 1 fully saturated rings. The van der Waals surface area contributed by atoms with Crippen LogP contribution in [0.25, 0.3) is 0 Å². The van der Waals surface area contributed by atoms with Gasteiger partial charge in [0.2, 0.25) is 0 Å². The van der Waals surface area contributed by atoms with Crippen LogP contribution in [0, 0.1) is 11.8 Å². The van der Waals surface area contributed by atoms with Crippen LogP contribution < -0.4 is 0 Å². The molecule has 0 N–H and O–H groups in total. The molecule has 1 amide bonds. The van der Waals surface area contributed by atoms with E-state index in [2.05, 4.69) is 4.74 Å². The summed E-state index contributed by atoms with van der Waals surface area (Å²) in [4.78, 5) is 24.3. The van der Waals surface area contributed by atoms with Crippen LogP contribution in [0.2, 0.25) is 0 Å². The van der Waals surface area contributed by atoms with Crippen molar-refractivity contribution in [3.63, 3.8) is 0 Å². The van der Waals surface area contributed by atoms with Gasteiger partial charge in [0.15, 0.2) is 6.07 Å². The maximum atomic E-state index is 13.0. The third-order valence-corrected chi connectivity index (χ3v) is 3.00. The summed E-state index contributed by atoms with van der Waals surface area (Å²) in [5, 5.41) is 0. The fraction of sp³-hybridized carbons (Fsp3) is 0.833. The molecular weight excluding hydrogens is 315 g/mol. The maximum Gasteiger partial charge on any atom is 0.410 e. The molecule has 21 heavy (non-hydrogen) atoms. The van der Waals surface area contributed by atoms with Crippen LogP contribution in [0.5, 0.6) is 0 Å². The van der Waals surface area contributed by atoms with Crippen LogP contribution in [0.3, 0.4) is 0 Å². The molecule has 0 aromatic rings. The van der Waals surface area contributed by atoms with Crippen molar-refractivity contribution in [1.82, 2.24) is 4.90 Å². The van der Waals surface area contributed by atoms with Gasteiger partial charge in [0, 0.05) is 13.1 Å². The first-order chi connectivity index (χ1) is 9.45. The first kappa shape index (κ1) is 17.9. The average Bonchev–Trinajstić information content (AvgIpc) is 2.71. The van der Waals surface area contributed by atoms with Crippen molar-refractivity contribution in [2.24, 2.45) is 11.8 Å². The Labute approximate surface area is 125 Å². The van der Waals surface area contributed by atoms with Crippen LogP contribution in [-0.4, -0.2) is 47.9 Å². The summed E-state index contributed by atoms with van der Waals surface area (Å²) in [5.41, 5.74) is -0.834. The number of nitrogens with zero attached hydrogens (tertiary/aromatic N) is 1. The molecule has 1 rings (SSSR count). The van der Waals surface area contributed by atoms with E-state index in [1.165, 1.54) is 0 Å². The zero-order valence-electron chi connectivity index (χ0n) is 11.9. The number of hydrogen-bond acceptors (Lipinski definition) is 4. The Balaban J connectivity index is 2.85. The SMILES string of the molecule is CC(C)(C)OC(=O)N1C[C@H](C(=O)OCCl)[C@@H](C(F)(F)F)C1. The Hall–Kier alpha value is -1.18. The number of hydrogen-bond donors (Lipinski definition) is 0. The summed E-state index contributed by atoms with van der Waals surface area (Å²) in [7, 11) is 0. The van der Waals surface area contributed by atoms with Gasteiger partial charge < -0.3 is 14.4 Å². The van der Waals surface area contributed by atoms with Crippen molar-refractivity contribution in [3.8, 4) is 0 Å². The average molecular weight is 332 g/mol. The molecule has 9 heteroatoms. The van der Waals surface area contributed by atoms with Crippen molar-refractivity contribution < 1.29 is 32.2 Å². The monoisotopic (exact) mass is 331 g/mol. The third-order valence-electron chi connectivity index (χ3n) is 2.89. The second-order valence-electron chi connectivity index (χ2n) is 5.71. The Morgan fingerprint density at radius 2 is 1.81 bits per heavy atom. The van der Waals surface area contributed by atoms with Gasteiger partial charge in [-0.05, 0) is 20.8 Å². The summed E-state index contributed by atoms with van der Waals surface area (Å²) < 4.78 is 48.3. The molecule has 1 aliphatic heterocycles. The van der Waals surface area contributed by atoms with Gasteiger partial charge in [-0.2, -0.15) is 13.2 Å². The highest BCUT2D eigenvalue weighted by atomic mass is 35.5. The molecule has 1 saturated heterocycles. The topological polar surface area (TPSA) is 55.8 Å². The molecule has 0 bridgehead atoms. The standard InChI is InChI=1S/C12H17ClF3NO4/c1-11(2,3)21-10(19)17-4-7(9(18)20-6-13)8(5-17)12(14,15)16/h7-8H,4-6H2,1-3H3/t7-,8-/m0/s1. The lowest BCUT2D eigenvalue weighted by Gasteiger charge is -2.24. The third kappa shape index (κ3) is 4.94. The highest BCUT2D eigenvalue weighted by molar-refractivity contribution is 6.17. The lowest BCUT2D eigenvalue weighted by Crippen LogP contribution is -2.36. The second kappa shape index (κ2) is 6.29. The van der Waals surface area contributed by atoms with Gasteiger partial charge in [-0.1, -0.05) is 11.6 Å². The number of amides is 1. The van der Waals surface area contributed by atoms with E-state index in [9.17, 15) is 22.8 Å². The molecule has 2 atom stereocenters. The van der Waals surface area contributed by atoms with Gasteiger partial charge in [0.25, 0.3) is 0 Å². The largest absolute Gasteiger partial charge is 0.449 e. The minimum atomic E-state index is -4.62. The van der Waals surface area contributed by atoms with E-state index in [0.29, 0.717) is 0 Å². The Morgan fingerprint density at radius 3 is 2.24 bits per heavy atom. The quantitative estimate of drug-likeness (QED) is 0.577. The van der Waals surface area contributed by atoms with E-state index < -0.39 is 54.8 Å². The molecule has 0 aromatic carbocycles. The lowest BCUT2D eigenvalue weighted by molar-refractivity contribution is -0.189. The van der Waals surface area contributed by atoms with Crippen LogP contribution in [0.15, 0.2) is 0 Å². The number of halogens is 4. The highest BCUT2D eigenvalue weighted by Gasteiger charge is 2.54. The molecule has 1 heterocycles. The number of alkyl halides is 4. The number of ether oxygens (including phenoxy) is 2. The Bertz CT molecular complexity index is 408. The number of carbonyl (C=O) groups excluding carboxylic acids is 2. The van der Waals surface area contributed by atoms with Gasteiger partial charge in [-0.25, -0.2) is 4.79 Å². The van der Waals surface area contributed by atoms with Crippen LogP contribution >= 0.6 is 11.6 Å². The molecule has 0 saturated carbocycles. The normalized spacial score (nSPS) is 23.1. The predicted molar refractivity (Wildman–Crippen MR) is 67.7 cm³/mol. The summed E-state index contributed by atoms with van der Waals surface area (Å²) in [6.45, 7) is 3.75. The fourth-order valence-electron chi connectivity index (χ4n) is 2.01. The second-order valence-corrected chi connectivity index (χ2v) is 5.93. The minimum absolute atomic E-state index is 0.408. The van der Waals surface area contributed by atoms with Crippen LogP contribution in [0.1, 0.15) is 20.8 Å². The zero-order valence-corrected chi connectivity index (χ0v) is 12.6. The first-order valence-electron chi connectivity index (χ1n) is 6.23. The van der Waals surface area contributed by atoms with Gasteiger partial charge in [-0.3, -0.25) is 4.79 Å².